The molecule has 0 aliphatic heterocycles. The van der Waals surface area contributed by atoms with Crippen LogP contribution in [0.5, 0.6) is 0 Å². The van der Waals surface area contributed by atoms with E-state index >= 15 is 0 Å². The molecule has 2 aromatic rings. The van der Waals surface area contributed by atoms with Gasteiger partial charge in [0.2, 0.25) is 0 Å². The first-order valence-corrected chi connectivity index (χ1v) is 6.18. The van der Waals surface area contributed by atoms with Crippen molar-refractivity contribution in [3.05, 3.63) is 34.7 Å². The van der Waals surface area contributed by atoms with Crippen molar-refractivity contribution in [2.24, 2.45) is 0 Å². The molecule has 17 heavy (non-hydrogen) atoms. The van der Waals surface area contributed by atoms with Crippen LogP contribution in [0.2, 0.25) is 0 Å². The molecule has 6 heteroatoms. The molecule has 0 spiro atoms. The second-order valence-corrected chi connectivity index (χ2v) is 4.80. The lowest BCUT2D eigenvalue weighted by molar-refractivity contribution is 0.171. The van der Waals surface area contributed by atoms with Gasteiger partial charge in [0.15, 0.2) is 4.67 Å². The molecule has 2 rings (SSSR count). The summed E-state index contributed by atoms with van der Waals surface area (Å²) in [6.45, 7) is 4.05. The molecule has 0 aliphatic rings. The number of hydrogen-bond acceptors (Lipinski definition) is 4. The maximum atomic E-state index is 10.1. The highest BCUT2D eigenvalue weighted by atomic mass is 79.9. The van der Waals surface area contributed by atoms with Crippen LogP contribution < -0.4 is 0 Å². The topological polar surface area (TPSA) is 64.1 Å². The fourth-order valence-electron chi connectivity index (χ4n) is 1.68. The highest BCUT2D eigenvalue weighted by Crippen LogP contribution is 2.26. The SMILES string of the molecule is CC(C)n1ncnc1CC(O)c1ccoc1Br. The fourth-order valence-corrected chi connectivity index (χ4v) is 2.18. The minimum absolute atomic E-state index is 0.229. The molecular weight excluding hydrogens is 286 g/mol. The van der Waals surface area contributed by atoms with Gasteiger partial charge in [-0.3, -0.25) is 0 Å². The Balaban J connectivity index is 2.16. The normalized spacial score (nSPS) is 13.2. The highest BCUT2D eigenvalue weighted by molar-refractivity contribution is 9.10. The molecule has 2 heterocycles. The van der Waals surface area contributed by atoms with Crippen molar-refractivity contribution in [2.75, 3.05) is 0 Å². The summed E-state index contributed by atoms with van der Waals surface area (Å²) in [7, 11) is 0. The molecule has 0 amide bonds. The van der Waals surface area contributed by atoms with Crippen molar-refractivity contribution in [2.45, 2.75) is 32.4 Å². The monoisotopic (exact) mass is 299 g/mol. The summed E-state index contributed by atoms with van der Waals surface area (Å²) in [6, 6.07) is 1.97. The Morgan fingerprint density at radius 2 is 2.29 bits per heavy atom. The van der Waals surface area contributed by atoms with Crippen molar-refractivity contribution in [1.29, 1.82) is 0 Å². The number of furan rings is 1. The first-order chi connectivity index (χ1) is 8.09. The van der Waals surface area contributed by atoms with E-state index in [2.05, 4.69) is 26.0 Å². The van der Waals surface area contributed by atoms with E-state index in [0.717, 1.165) is 11.4 Å². The number of halogens is 1. The maximum Gasteiger partial charge on any atom is 0.174 e. The summed E-state index contributed by atoms with van der Waals surface area (Å²) < 4.78 is 7.46. The zero-order valence-electron chi connectivity index (χ0n) is 9.67. The van der Waals surface area contributed by atoms with Gasteiger partial charge in [0.25, 0.3) is 0 Å². The van der Waals surface area contributed by atoms with Gasteiger partial charge in [0, 0.05) is 18.0 Å². The molecule has 2 aromatic heterocycles. The Labute approximate surface area is 108 Å². The van der Waals surface area contributed by atoms with Crippen molar-refractivity contribution < 1.29 is 9.52 Å². The molecule has 1 atom stereocenters. The van der Waals surface area contributed by atoms with E-state index < -0.39 is 6.10 Å². The molecule has 0 bridgehead atoms. The molecule has 0 fully saturated rings. The van der Waals surface area contributed by atoms with Crippen LogP contribution in [0.25, 0.3) is 0 Å². The van der Waals surface area contributed by atoms with Gasteiger partial charge in [-0.15, -0.1) is 0 Å². The van der Waals surface area contributed by atoms with Crippen LogP contribution in [-0.2, 0) is 6.42 Å². The van der Waals surface area contributed by atoms with Gasteiger partial charge in [-0.2, -0.15) is 5.10 Å². The summed E-state index contributed by atoms with van der Waals surface area (Å²) in [5.41, 5.74) is 0.725. The zero-order chi connectivity index (χ0) is 12.4. The van der Waals surface area contributed by atoms with Crippen LogP contribution >= 0.6 is 15.9 Å². The van der Waals surface area contributed by atoms with Crippen LogP contribution in [0.1, 0.15) is 37.4 Å². The summed E-state index contributed by atoms with van der Waals surface area (Å²) in [5.74, 6) is 0.764. The molecule has 0 radical (unpaired) electrons. The van der Waals surface area contributed by atoms with Gasteiger partial charge in [-0.05, 0) is 35.8 Å². The first kappa shape index (κ1) is 12.3. The third kappa shape index (κ3) is 2.58. The van der Waals surface area contributed by atoms with Crippen molar-refractivity contribution >= 4 is 15.9 Å². The Bertz CT molecular complexity index is 492. The summed E-state index contributed by atoms with van der Waals surface area (Å²) in [5, 5.41) is 14.2. The minimum Gasteiger partial charge on any atom is -0.457 e. The van der Waals surface area contributed by atoms with E-state index in [4.69, 9.17) is 4.42 Å². The third-order valence-corrected chi connectivity index (χ3v) is 3.16. The molecule has 0 saturated heterocycles. The van der Waals surface area contributed by atoms with Crippen LogP contribution in [0.3, 0.4) is 0 Å². The smallest absolute Gasteiger partial charge is 0.174 e. The number of aliphatic hydroxyl groups is 1. The van der Waals surface area contributed by atoms with Crippen LogP contribution in [0.15, 0.2) is 27.7 Å². The van der Waals surface area contributed by atoms with Crippen molar-refractivity contribution in [1.82, 2.24) is 14.8 Å². The van der Waals surface area contributed by atoms with Crippen molar-refractivity contribution in [3.8, 4) is 0 Å². The summed E-state index contributed by atoms with van der Waals surface area (Å²) >= 11 is 3.25. The lowest BCUT2D eigenvalue weighted by atomic mass is 10.1. The van der Waals surface area contributed by atoms with Crippen LogP contribution in [0, 0.1) is 0 Å². The minimum atomic E-state index is -0.648. The van der Waals surface area contributed by atoms with Gasteiger partial charge in [-0.25, -0.2) is 9.67 Å². The average Bonchev–Trinajstić information content (AvgIpc) is 2.86. The quantitative estimate of drug-likeness (QED) is 0.942. The molecular formula is C11H14BrN3O2. The molecule has 0 saturated carbocycles. The Morgan fingerprint density at radius 3 is 2.88 bits per heavy atom. The molecule has 0 aliphatic carbocycles. The number of nitrogens with zero attached hydrogens (tertiary/aromatic N) is 3. The summed E-state index contributed by atoms with van der Waals surface area (Å²) in [6.07, 6.45) is 2.81. The average molecular weight is 300 g/mol. The van der Waals surface area contributed by atoms with E-state index in [9.17, 15) is 5.11 Å². The van der Waals surface area contributed by atoms with E-state index in [1.54, 1.807) is 10.7 Å². The second-order valence-electron chi connectivity index (χ2n) is 4.08. The summed E-state index contributed by atoms with van der Waals surface area (Å²) in [4.78, 5) is 4.16. The number of hydrogen-bond donors (Lipinski definition) is 1. The molecule has 1 N–H and O–H groups in total. The predicted octanol–water partition coefficient (Wildman–Crippen LogP) is 2.49. The Morgan fingerprint density at radius 1 is 1.53 bits per heavy atom. The standard InChI is InChI=1S/C11H14BrN3O2/c1-7(2)15-10(13-6-14-15)5-9(16)8-3-4-17-11(8)12/h3-4,6-7,9,16H,5H2,1-2H3. The lowest BCUT2D eigenvalue weighted by Gasteiger charge is -2.12. The predicted molar refractivity (Wildman–Crippen MR) is 65.5 cm³/mol. The largest absolute Gasteiger partial charge is 0.457 e. The van der Waals surface area contributed by atoms with Gasteiger partial charge in [0.05, 0.1) is 12.4 Å². The molecule has 5 nitrogen and oxygen atoms in total. The Kier molecular flexibility index (Phi) is 3.63. The molecule has 0 aromatic carbocycles. The maximum absolute atomic E-state index is 10.1. The number of aliphatic hydroxyl groups excluding tert-OH is 1. The van der Waals surface area contributed by atoms with Crippen LogP contribution in [-0.4, -0.2) is 19.9 Å². The highest BCUT2D eigenvalue weighted by Gasteiger charge is 2.18. The lowest BCUT2D eigenvalue weighted by Crippen LogP contribution is -2.12. The van der Waals surface area contributed by atoms with Gasteiger partial charge < -0.3 is 9.52 Å². The van der Waals surface area contributed by atoms with Gasteiger partial charge in [-0.1, -0.05) is 0 Å². The van der Waals surface area contributed by atoms with E-state index in [-0.39, 0.29) is 6.04 Å². The number of rotatable bonds is 4. The third-order valence-electron chi connectivity index (χ3n) is 2.52. The fraction of sp³-hybridized carbons (Fsp3) is 0.455. The second kappa shape index (κ2) is 5.01. The Hall–Kier alpha value is -1.14. The van der Waals surface area contributed by atoms with E-state index in [0.29, 0.717) is 11.1 Å². The zero-order valence-corrected chi connectivity index (χ0v) is 11.3. The molecule has 1 unspecified atom stereocenters. The van der Waals surface area contributed by atoms with Gasteiger partial charge >= 0.3 is 0 Å². The molecule has 92 valence electrons. The van der Waals surface area contributed by atoms with Gasteiger partial charge in [0.1, 0.15) is 12.2 Å². The first-order valence-electron chi connectivity index (χ1n) is 5.39. The van der Waals surface area contributed by atoms with E-state index in [1.165, 1.54) is 12.6 Å². The number of aromatic nitrogens is 3. The van der Waals surface area contributed by atoms with Crippen molar-refractivity contribution in [3.63, 3.8) is 0 Å². The van der Waals surface area contributed by atoms with E-state index in [1.807, 2.05) is 13.8 Å². The van der Waals surface area contributed by atoms with Crippen LogP contribution in [0.4, 0.5) is 0 Å².